The van der Waals surface area contributed by atoms with Crippen LogP contribution in [0.5, 0.6) is 0 Å². The molecule has 4 rings (SSSR count). The Hall–Kier alpha value is -0.310. The van der Waals surface area contributed by atoms with Crippen LogP contribution in [0.2, 0.25) is 0 Å². The van der Waals surface area contributed by atoms with Crippen molar-refractivity contribution in [1.82, 2.24) is 0 Å². The van der Waals surface area contributed by atoms with E-state index in [1.165, 1.54) is 51.4 Å². The van der Waals surface area contributed by atoms with Crippen molar-refractivity contribution in [3.05, 3.63) is 10.1 Å². The molecule has 0 aromatic carbocycles. The van der Waals surface area contributed by atoms with E-state index in [0.717, 1.165) is 37.0 Å². The van der Waals surface area contributed by atoms with Gasteiger partial charge in [0, 0.05) is 11.3 Å². The molecule has 0 spiro atoms. The number of nitrogens with zero attached hydrogens (tertiary/aromatic N) is 1. The minimum atomic E-state index is -1.24. The third-order valence-electron chi connectivity index (χ3n) is 11.1. The van der Waals surface area contributed by atoms with E-state index < -0.39 is 5.00 Å². The summed E-state index contributed by atoms with van der Waals surface area (Å²) in [6, 6.07) is 0. The molecule has 4 saturated carbocycles. The number of nitro groups is 1. The van der Waals surface area contributed by atoms with Crippen molar-refractivity contribution < 1.29 is 4.92 Å². The van der Waals surface area contributed by atoms with Crippen LogP contribution >= 0.6 is 11.6 Å². The van der Waals surface area contributed by atoms with Gasteiger partial charge in [-0.2, -0.15) is 0 Å². The van der Waals surface area contributed by atoms with Gasteiger partial charge in [0.05, 0.1) is 5.92 Å². The quantitative estimate of drug-likeness (QED) is 0.176. The van der Waals surface area contributed by atoms with Crippen LogP contribution in [0.4, 0.5) is 0 Å². The minimum Gasteiger partial charge on any atom is -0.263 e. The number of fused-ring (bicyclic) bond motifs is 5. The molecule has 178 valence electrons. The van der Waals surface area contributed by atoms with Crippen molar-refractivity contribution >= 4 is 11.6 Å². The molecule has 0 amide bonds. The number of hydrogen-bond donors (Lipinski definition) is 0. The highest BCUT2D eigenvalue weighted by Crippen LogP contribution is 2.70. The highest BCUT2D eigenvalue weighted by Gasteiger charge is 2.69. The normalized spacial score (nSPS) is 48.0. The first kappa shape index (κ1) is 23.8. The van der Waals surface area contributed by atoms with Gasteiger partial charge < -0.3 is 0 Å². The van der Waals surface area contributed by atoms with E-state index >= 15 is 0 Å². The molecule has 0 aromatic rings. The van der Waals surface area contributed by atoms with Gasteiger partial charge in [0.1, 0.15) is 0 Å². The van der Waals surface area contributed by atoms with Crippen LogP contribution in [-0.2, 0) is 0 Å². The first-order chi connectivity index (χ1) is 14.5. The molecule has 31 heavy (non-hydrogen) atoms. The van der Waals surface area contributed by atoms with Gasteiger partial charge in [-0.25, -0.2) is 0 Å². The molecular weight excluding hydrogens is 406 g/mol. The summed E-state index contributed by atoms with van der Waals surface area (Å²) in [4.78, 5) is 11.0. The van der Waals surface area contributed by atoms with Crippen LogP contribution < -0.4 is 0 Å². The first-order valence-corrected chi connectivity index (χ1v) is 13.7. The Balaban J connectivity index is 1.58. The first-order valence-electron chi connectivity index (χ1n) is 13.4. The summed E-state index contributed by atoms with van der Waals surface area (Å²) in [5, 5.41) is 12.3. The Kier molecular flexibility index (Phi) is 6.52. The zero-order chi connectivity index (χ0) is 22.6. The van der Waals surface area contributed by atoms with Gasteiger partial charge in [-0.15, -0.1) is 0 Å². The summed E-state index contributed by atoms with van der Waals surface area (Å²) in [6.45, 7) is 12.1. The molecule has 9 atom stereocenters. The predicted octanol–water partition coefficient (Wildman–Crippen LogP) is 8.32. The lowest BCUT2D eigenvalue weighted by molar-refractivity contribution is -0.567. The molecule has 0 radical (unpaired) electrons. The summed E-state index contributed by atoms with van der Waals surface area (Å²) in [7, 11) is 0. The monoisotopic (exact) mass is 451 g/mol. The second kappa shape index (κ2) is 8.48. The molecular formula is C27H46ClNO2. The topological polar surface area (TPSA) is 43.1 Å². The largest absolute Gasteiger partial charge is 0.298 e. The molecule has 4 fully saturated rings. The minimum absolute atomic E-state index is 0.0446. The maximum absolute atomic E-state index is 12.3. The molecule has 0 aromatic heterocycles. The number of rotatable bonds is 6. The summed E-state index contributed by atoms with van der Waals surface area (Å²) >= 11 is 7.03. The lowest BCUT2D eigenvalue weighted by atomic mass is 9.43. The zero-order valence-electron chi connectivity index (χ0n) is 20.7. The highest BCUT2D eigenvalue weighted by atomic mass is 35.5. The second-order valence-electron chi connectivity index (χ2n) is 13.0. The smallest absolute Gasteiger partial charge is 0.263 e. The summed E-state index contributed by atoms with van der Waals surface area (Å²) in [5.74, 6) is 4.09. The fraction of sp³-hybridized carbons (Fsp3) is 1.00. The highest BCUT2D eigenvalue weighted by molar-refractivity contribution is 6.23. The maximum atomic E-state index is 12.3. The van der Waals surface area contributed by atoms with E-state index in [0.29, 0.717) is 29.6 Å². The Morgan fingerprint density at radius 2 is 1.68 bits per heavy atom. The van der Waals surface area contributed by atoms with E-state index in [2.05, 4.69) is 34.6 Å². The molecule has 0 aliphatic heterocycles. The van der Waals surface area contributed by atoms with Crippen molar-refractivity contribution in [3.8, 4) is 0 Å². The number of alkyl halides is 1. The lowest BCUT2D eigenvalue weighted by Crippen LogP contribution is -2.62. The van der Waals surface area contributed by atoms with Crippen LogP contribution in [0.3, 0.4) is 0 Å². The number of halogens is 1. The molecule has 0 saturated heterocycles. The molecule has 0 unspecified atom stereocenters. The van der Waals surface area contributed by atoms with Crippen LogP contribution in [-0.4, -0.2) is 9.92 Å². The molecule has 4 aliphatic carbocycles. The van der Waals surface area contributed by atoms with Crippen LogP contribution in [0, 0.1) is 62.4 Å². The van der Waals surface area contributed by atoms with Crippen molar-refractivity contribution in [2.75, 3.05) is 0 Å². The SMILES string of the molecule is CC(C)CCC[C@@H](C)[C@@H]1CC[C@@H]2[C@@H]3C[C@@](Cl)([N+](=O)[O-])[C@H]4CCCC[C@]4(C)[C@@H]3CC[C@]21C. The Morgan fingerprint density at radius 1 is 0.968 bits per heavy atom. The van der Waals surface area contributed by atoms with Crippen molar-refractivity contribution in [2.45, 2.75) is 117 Å². The fourth-order valence-electron chi connectivity index (χ4n) is 9.62. The average Bonchev–Trinajstić information content (AvgIpc) is 3.05. The average molecular weight is 452 g/mol. The van der Waals surface area contributed by atoms with Gasteiger partial charge in [-0.3, -0.25) is 10.1 Å². The van der Waals surface area contributed by atoms with E-state index in [1.807, 2.05) is 0 Å². The standard InChI is InChI=1S/C27H46ClNO2/c1-18(2)9-8-10-19(3)21-12-13-22-20-17-27(28,29(30)31)24-11-6-7-15-26(24,5)23(20)14-16-25(21,22)4/h18-24H,6-17H2,1-5H3/t19-,20+,21+,22-,23-,24+,25+,26-,27-/m1/s1. The van der Waals surface area contributed by atoms with Crippen LogP contribution in [0.1, 0.15) is 112 Å². The Labute approximate surface area is 195 Å². The van der Waals surface area contributed by atoms with E-state index in [1.54, 1.807) is 0 Å². The van der Waals surface area contributed by atoms with Gasteiger partial charge >= 0.3 is 0 Å². The van der Waals surface area contributed by atoms with E-state index in [9.17, 15) is 10.1 Å². The molecule has 4 heteroatoms. The zero-order valence-corrected chi connectivity index (χ0v) is 21.4. The van der Waals surface area contributed by atoms with Crippen molar-refractivity contribution in [2.24, 2.45) is 52.3 Å². The fourth-order valence-corrected chi connectivity index (χ4v) is 10.2. The van der Waals surface area contributed by atoms with Gasteiger partial charge in [0.2, 0.25) is 0 Å². The summed E-state index contributed by atoms with van der Waals surface area (Å²) in [6.07, 6.45) is 14.2. The van der Waals surface area contributed by atoms with E-state index in [4.69, 9.17) is 11.6 Å². The Bertz CT molecular complexity index is 682. The van der Waals surface area contributed by atoms with Gasteiger partial charge in [-0.05, 0) is 96.5 Å². The molecule has 0 N–H and O–H groups in total. The predicted molar refractivity (Wildman–Crippen MR) is 129 cm³/mol. The molecule has 0 bridgehead atoms. The van der Waals surface area contributed by atoms with Gasteiger partial charge in [0.15, 0.2) is 0 Å². The second-order valence-corrected chi connectivity index (χ2v) is 13.6. The van der Waals surface area contributed by atoms with Crippen LogP contribution in [0.25, 0.3) is 0 Å². The third kappa shape index (κ3) is 3.77. The molecule has 0 heterocycles. The lowest BCUT2D eigenvalue weighted by Gasteiger charge is -2.62. The van der Waals surface area contributed by atoms with Gasteiger partial charge in [0.25, 0.3) is 5.00 Å². The maximum Gasteiger partial charge on any atom is 0.298 e. The Morgan fingerprint density at radius 3 is 2.35 bits per heavy atom. The molecule has 3 nitrogen and oxygen atoms in total. The number of hydrogen-bond acceptors (Lipinski definition) is 2. The van der Waals surface area contributed by atoms with Crippen LogP contribution in [0.15, 0.2) is 0 Å². The molecule has 4 aliphatic rings. The third-order valence-corrected chi connectivity index (χ3v) is 11.7. The van der Waals surface area contributed by atoms with Crippen molar-refractivity contribution in [1.29, 1.82) is 0 Å². The summed E-state index contributed by atoms with van der Waals surface area (Å²) in [5.41, 5.74) is 0.406. The van der Waals surface area contributed by atoms with Gasteiger partial charge in [-0.1, -0.05) is 66.7 Å². The van der Waals surface area contributed by atoms with Crippen molar-refractivity contribution in [3.63, 3.8) is 0 Å². The van der Waals surface area contributed by atoms with E-state index in [-0.39, 0.29) is 16.3 Å². The summed E-state index contributed by atoms with van der Waals surface area (Å²) < 4.78 is 0.